The molecule has 19 heavy (non-hydrogen) atoms. The van der Waals surface area contributed by atoms with Crippen LogP contribution in [0.15, 0.2) is 21.5 Å². The van der Waals surface area contributed by atoms with E-state index >= 15 is 0 Å². The molecule has 5 nitrogen and oxygen atoms in total. The summed E-state index contributed by atoms with van der Waals surface area (Å²) in [5, 5.41) is 11.4. The largest absolute Gasteiger partial charge is 0.505 e. The van der Waals surface area contributed by atoms with Crippen molar-refractivity contribution in [1.29, 1.82) is 0 Å². The molecule has 1 rings (SSSR count). The van der Waals surface area contributed by atoms with Crippen LogP contribution >= 0.6 is 28.1 Å². The van der Waals surface area contributed by atoms with Gasteiger partial charge in [-0.25, -0.2) is 8.42 Å². The van der Waals surface area contributed by atoms with E-state index in [2.05, 4.69) is 33.5 Å². The Morgan fingerprint density at radius 3 is 2.37 bits per heavy atom. The number of sulfone groups is 1. The SMILES string of the molecule is NC(=S)Nc1cc(S(=O)(=O)C(F)(F)F)cc(Br)c1O. The summed E-state index contributed by atoms with van der Waals surface area (Å²) in [5.41, 5.74) is -0.701. The average molecular weight is 379 g/mol. The van der Waals surface area contributed by atoms with Gasteiger partial charge in [0.25, 0.3) is 9.84 Å². The molecule has 0 saturated carbocycles. The van der Waals surface area contributed by atoms with Crippen LogP contribution in [0.4, 0.5) is 18.9 Å². The third-order valence-corrected chi connectivity index (χ3v) is 4.08. The standard InChI is InChI=1S/C8H6BrF3N2O3S2/c9-4-1-3(19(16,17)8(10,11)12)2-5(6(4)15)14-7(13)18/h1-2,15H,(H3,13,14,18). The third kappa shape index (κ3) is 3.28. The predicted molar refractivity (Wildman–Crippen MR) is 69.5 cm³/mol. The van der Waals surface area contributed by atoms with Crippen LogP contribution in [0.3, 0.4) is 0 Å². The van der Waals surface area contributed by atoms with Gasteiger partial charge in [-0.15, -0.1) is 0 Å². The number of rotatable bonds is 2. The van der Waals surface area contributed by atoms with Crippen molar-refractivity contribution in [3.05, 3.63) is 16.6 Å². The number of phenols is 1. The number of halogens is 4. The Labute approximate surface area is 119 Å². The van der Waals surface area contributed by atoms with Crippen molar-refractivity contribution < 1.29 is 26.7 Å². The zero-order valence-electron chi connectivity index (χ0n) is 8.82. The van der Waals surface area contributed by atoms with Crippen molar-refractivity contribution in [2.24, 2.45) is 5.73 Å². The molecule has 0 amide bonds. The molecule has 0 aromatic heterocycles. The van der Waals surface area contributed by atoms with Crippen LogP contribution in [0, 0.1) is 0 Å². The van der Waals surface area contributed by atoms with Gasteiger partial charge in [-0.1, -0.05) is 0 Å². The molecule has 11 heteroatoms. The Hall–Kier alpha value is -1.07. The van der Waals surface area contributed by atoms with Crippen molar-refractivity contribution >= 4 is 48.8 Å². The normalized spacial score (nSPS) is 12.2. The Kier molecular flexibility index (Phi) is 4.32. The van der Waals surface area contributed by atoms with Gasteiger partial charge in [0.15, 0.2) is 10.9 Å². The number of anilines is 1. The summed E-state index contributed by atoms with van der Waals surface area (Å²) >= 11 is 7.20. The summed E-state index contributed by atoms with van der Waals surface area (Å²) < 4.78 is 59.4. The highest BCUT2D eigenvalue weighted by Crippen LogP contribution is 2.38. The van der Waals surface area contributed by atoms with E-state index in [0.29, 0.717) is 12.1 Å². The maximum atomic E-state index is 12.4. The van der Waals surface area contributed by atoms with E-state index in [9.17, 15) is 26.7 Å². The van der Waals surface area contributed by atoms with Crippen LogP contribution in [0.1, 0.15) is 0 Å². The molecule has 0 radical (unpaired) electrons. The van der Waals surface area contributed by atoms with Crippen molar-refractivity contribution in [2.75, 3.05) is 5.32 Å². The fraction of sp³-hybridized carbons (Fsp3) is 0.125. The zero-order chi connectivity index (χ0) is 15.0. The van der Waals surface area contributed by atoms with Gasteiger partial charge >= 0.3 is 5.51 Å². The lowest BCUT2D eigenvalue weighted by molar-refractivity contribution is -0.0436. The summed E-state index contributed by atoms with van der Waals surface area (Å²) in [6, 6.07) is 1.21. The number of nitrogens with one attached hydrogen (secondary N) is 1. The minimum atomic E-state index is -5.54. The number of alkyl halides is 3. The second kappa shape index (κ2) is 5.13. The summed E-state index contributed by atoms with van der Waals surface area (Å²) in [7, 11) is -5.54. The zero-order valence-corrected chi connectivity index (χ0v) is 12.0. The van der Waals surface area contributed by atoms with Crippen molar-refractivity contribution in [3.63, 3.8) is 0 Å². The molecule has 0 spiro atoms. The smallest absolute Gasteiger partial charge is 0.501 e. The van der Waals surface area contributed by atoms with Gasteiger partial charge in [-0.05, 0) is 40.3 Å². The molecule has 0 atom stereocenters. The lowest BCUT2D eigenvalue weighted by atomic mass is 10.3. The van der Waals surface area contributed by atoms with E-state index in [4.69, 9.17) is 5.73 Å². The van der Waals surface area contributed by atoms with E-state index in [-0.39, 0.29) is 15.3 Å². The van der Waals surface area contributed by atoms with Crippen molar-refractivity contribution in [1.82, 2.24) is 0 Å². The van der Waals surface area contributed by atoms with E-state index in [1.54, 1.807) is 0 Å². The van der Waals surface area contributed by atoms with Crippen LogP contribution < -0.4 is 11.1 Å². The molecule has 0 unspecified atom stereocenters. The molecule has 0 heterocycles. The Morgan fingerprint density at radius 2 is 1.95 bits per heavy atom. The molecule has 0 fully saturated rings. The predicted octanol–water partition coefficient (Wildman–Crippen LogP) is 2.10. The quantitative estimate of drug-likeness (QED) is 0.539. The maximum Gasteiger partial charge on any atom is 0.501 e. The van der Waals surface area contributed by atoms with Crippen molar-refractivity contribution in [2.45, 2.75) is 10.4 Å². The summed E-state index contributed by atoms with van der Waals surface area (Å²) in [6.45, 7) is 0. The highest BCUT2D eigenvalue weighted by atomic mass is 79.9. The topological polar surface area (TPSA) is 92.4 Å². The number of thiocarbonyl (C=S) groups is 1. The lowest BCUT2D eigenvalue weighted by Gasteiger charge is -2.13. The first-order chi connectivity index (χ1) is 8.46. The number of hydrogen-bond donors (Lipinski definition) is 3. The maximum absolute atomic E-state index is 12.4. The van der Waals surface area contributed by atoms with E-state index in [1.165, 1.54) is 0 Å². The van der Waals surface area contributed by atoms with Gasteiger partial charge in [0.1, 0.15) is 0 Å². The molecule has 1 aromatic carbocycles. The fourth-order valence-electron chi connectivity index (χ4n) is 1.09. The summed E-state index contributed by atoms with van der Waals surface area (Å²) in [6.07, 6.45) is 0. The third-order valence-electron chi connectivity index (χ3n) is 1.91. The minimum Gasteiger partial charge on any atom is -0.505 e. The first kappa shape index (κ1) is 16.0. The Bertz CT molecular complexity index is 631. The van der Waals surface area contributed by atoms with Gasteiger partial charge in [0, 0.05) is 0 Å². The number of hydrogen-bond acceptors (Lipinski definition) is 4. The van der Waals surface area contributed by atoms with Crippen LogP contribution in [-0.4, -0.2) is 24.1 Å². The van der Waals surface area contributed by atoms with E-state index < -0.39 is 26.0 Å². The molecule has 4 N–H and O–H groups in total. The van der Waals surface area contributed by atoms with Gasteiger partial charge in [0.05, 0.1) is 15.1 Å². The van der Waals surface area contributed by atoms with Crippen LogP contribution in [0.25, 0.3) is 0 Å². The lowest BCUT2D eigenvalue weighted by Crippen LogP contribution is -2.24. The highest BCUT2D eigenvalue weighted by Gasteiger charge is 2.47. The fourth-order valence-corrected chi connectivity index (χ4v) is 2.63. The summed E-state index contributed by atoms with van der Waals surface area (Å²) in [4.78, 5) is -1.05. The second-order valence-electron chi connectivity index (χ2n) is 3.24. The molecular weight excluding hydrogens is 373 g/mol. The van der Waals surface area contributed by atoms with Gasteiger partial charge in [0.2, 0.25) is 0 Å². The van der Waals surface area contributed by atoms with Crippen LogP contribution in [0.5, 0.6) is 5.75 Å². The molecular formula is C8H6BrF3N2O3S2. The van der Waals surface area contributed by atoms with Gasteiger partial charge in [-0.2, -0.15) is 13.2 Å². The van der Waals surface area contributed by atoms with E-state index in [0.717, 1.165) is 0 Å². The molecule has 0 aliphatic heterocycles. The second-order valence-corrected chi connectivity index (χ2v) is 6.48. The van der Waals surface area contributed by atoms with E-state index in [1.807, 2.05) is 0 Å². The number of aromatic hydroxyl groups is 1. The van der Waals surface area contributed by atoms with Crippen LogP contribution in [-0.2, 0) is 9.84 Å². The summed E-state index contributed by atoms with van der Waals surface area (Å²) in [5.74, 6) is -0.520. The van der Waals surface area contributed by atoms with Gasteiger partial charge in [-0.3, -0.25) is 0 Å². The van der Waals surface area contributed by atoms with Crippen molar-refractivity contribution in [3.8, 4) is 5.75 Å². The van der Waals surface area contributed by atoms with Crippen LogP contribution in [0.2, 0.25) is 0 Å². The molecule has 0 bridgehead atoms. The first-order valence-electron chi connectivity index (χ1n) is 4.37. The van der Waals surface area contributed by atoms with Gasteiger partial charge < -0.3 is 16.2 Å². The highest BCUT2D eigenvalue weighted by molar-refractivity contribution is 9.10. The molecule has 0 aliphatic carbocycles. The monoisotopic (exact) mass is 378 g/mol. The molecule has 1 aromatic rings. The molecule has 106 valence electrons. The number of benzene rings is 1. The molecule has 0 saturated heterocycles. The first-order valence-corrected chi connectivity index (χ1v) is 7.05. The Morgan fingerprint density at radius 1 is 1.42 bits per heavy atom. The number of nitrogens with two attached hydrogens (primary N) is 1. The molecule has 0 aliphatic rings. The Balaban J connectivity index is 3.49. The average Bonchev–Trinajstić information content (AvgIpc) is 2.21. The minimum absolute atomic E-state index is 0.253. The number of phenolic OH excluding ortho intramolecular Hbond substituents is 1.